The molecule has 0 bridgehead atoms. The van der Waals surface area contributed by atoms with Gasteiger partial charge in [0.1, 0.15) is 5.82 Å². The topological polar surface area (TPSA) is 21.3 Å². The molecule has 19 heavy (non-hydrogen) atoms. The van der Waals surface area contributed by atoms with Crippen molar-refractivity contribution < 1.29 is 9.13 Å². The zero-order valence-electron chi connectivity index (χ0n) is 11.8. The summed E-state index contributed by atoms with van der Waals surface area (Å²) in [5, 5.41) is 3.72. The average molecular weight is 283 g/mol. The van der Waals surface area contributed by atoms with Crippen LogP contribution in [0.25, 0.3) is 0 Å². The van der Waals surface area contributed by atoms with Gasteiger partial charge in [-0.25, -0.2) is 4.39 Å². The Labute approximate surface area is 119 Å². The Morgan fingerprint density at radius 1 is 1.53 bits per heavy atom. The van der Waals surface area contributed by atoms with Gasteiger partial charge < -0.3 is 10.1 Å². The van der Waals surface area contributed by atoms with E-state index in [-0.39, 0.29) is 18.0 Å². The third-order valence-electron chi connectivity index (χ3n) is 3.54. The molecule has 1 aliphatic rings. The van der Waals surface area contributed by atoms with Gasteiger partial charge in [-0.05, 0) is 38.9 Å². The summed E-state index contributed by atoms with van der Waals surface area (Å²) in [7, 11) is 0. The lowest BCUT2D eigenvalue weighted by Crippen LogP contribution is -2.20. The lowest BCUT2D eigenvalue weighted by atomic mass is 10.1. The number of benzene rings is 1. The molecule has 3 atom stereocenters. The highest BCUT2D eigenvalue weighted by Crippen LogP contribution is 2.37. The Hall–Kier alpha value is -0.580. The van der Waals surface area contributed by atoms with E-state index in [9.17, 15) is 4.39 Å². The third-order valence-corrected chi connectivity index (χ3v) is 5.07. The largest absolute Gasteiger partial charge is 0.377 e. The van der Waals surface area contributed by atoms with E-state index in [1.54, 1.807) is 23.9 Å². The van der Waals surface area contributed by atoms with Crippen LogP contribution in [0, 0.1) is 5.82 Å². The highest BCUT2D eigenvalue weighted by atomic mass is 32.2. The Morgan fingerprint density at radius 2 is 2.32 bits per heavy atom. The first kappa shape index (κ1) is 14.8. The van der Waals surface area contributed by atoms with Gasteiger partial charge in [0, 0.05) is 28.4 Å². The first-order valence-electron chi connectivity index (χ1n) is 6.93. The van der Waals surface area contributed by atoms with Crippen molar-refractivity contribution in [3.05, 3.63) is 29.6 Å². The van der Waals surface area contributed by atoms with Crippen molar-refractivity contribution in [2.45, 2.75) is 49.5 Å². The van der Waals surface area contributed by atoms with Crippen LogP contribution in [-0.4, -0.2) is 24.5 Å². The Bertz CT molecular complexity index is 427. The molecule has 1 heterocycles. The third kappa shape index (κ3) is 3.50. The van der Waals surface area contributed by atoms with E-state index in [2.05, 4.69) is 12.2 Å². The van der Waals surface area contributed by atoms with Gasteiger partial charge in [-0.15, -0.1) is 11.8 Å². The van der Waals surface area contributed by atoms with Crippen molar-refractivity contribution >= 4 is 11.8 Å². The maximum Gasteiger partial charge on any atom is 0.129 e. The number of thioether (sulfide) groups is 1. The second-order valence-corrected chi connectivity index (χ2v) is 6.23. The molecular formula is C15H22FNOS. The fourth-order valence-electron chi connectivity index (χ4n) is 2.48. The fraction of sp³-hybridized carbons (Fsp3) is 0.600. The molecule has 4 heteroatoms. The Balaban J connectivity index is 2.21. The van der Waals surface area contributed by atoms with Crippen LogP contribution in [0.1, 0.15) is 38.8 Å². The molecule has 0 spiro atoms. The van der Waals surface area contributed by atoms with E-state index in [0.717, 1.165) is 30.0 Å². The first-order valence-corrected chi connectivity index (χ1v) is 7.81. The summed E-state index contributed by atoms with van der Waals surface area (Å²) in [6.07, 6.45) is 1.28. The highest BCUT2D eigenvalue weighted by molar-refractivity contribution is 8.00. The summed E-state index contributed by atoms with van der Waals surface area (Å²) in [6.45, 7) is 7.80. The summed E-state index contributed by atoms with van der Waals surface area (Å²) >= 11 is 1.75. The molecule has 1 N–H and O–H groups in total. The molecule has 0 aromatic heterocycles. The Morgan fingerprint density at radius 3 is 2.95 bits per heavy atom. The molecule has 2 nitrogen and oxygen atoms in total. The van der Waals surface area contributed by atoms with Crippen molar-refractivity contribution in [2.75, 3.05) is 13.2 Å². The first-order chi connectivity index (χ1) is 9.13. The highest BCUT2D eigenvalue weighted by Gasteiger charge is 2.27. The van der Waals surface area contributed by atoms with E-state index >= 15 is 0 Å². The molecule has 1 aromatic carbocycles. The predicted octanol–water partition coefficient (Wildman–Crippen LogP) is 3.77. The molecule has 1 aromatic rings. The SMILES string of the molecule is CCNC(C)c1c(F)cccc1SC1CCOC1C. The second-order valence-electron chi connectivity index (χ2n) is 4.95. The van der Waals surface area contributed by atoms with Crippen LogP contribution in [-0.2, 0) is 4.74 Å². The fourth-order valence-corrected chi connectivity index (χ4v) is 3.85. The quantitative estimate of drug-likeness (QED) is 0.889. The van der Waals surface area contributed by atoms with E-state index in [4.69, 9.17) is 4.74 Å². The van der Waals surface area contributed by atoms with E-state index in [1.807, 2.05) is 19.9 Å². The van der Waals surface area contributed by atoms with Crippen LogP contribution in [0.2, 0.25) is 0 Å². The van der Waals surface area contributed by atoms with Gasteiger partial charge >= 0.3 is 0 Å². The van der Waals surface area contributed by atoms with Crippen LogP contribution in [0.3, 0.4) is 0 Å². The molecule has 1 fully saturated rings. The van der Waals surface area contributed by atoms with Gasteiger partial charge in [0.15, 0.2) is 0 Å². The van der Waals surface area contributed by atoms with Gasteiger partial charge in [-0.3, -0.25) is 0 Å². The van der Waals surface area contributed by atoms with Crippen molar-refractivity contribution in [3.63, 3.8) is 0 Å². The van der Waals surface area contributed by atoms with E-state index < -0.39 is 0 Å². The average Bonchev–Trinajstić information content (AvgIpc) is 2.75. The van der Waals surface area contributed by atoms with Crippen molar-refractivity contribution in [3.8, 4) is 0 Å². The van der Waals surface area contributed by atoms with Crippen LogP contribution < -0.4 is 5.32 Å². The zero-order chi connectivity index (χ0) is 13.8. The number of hydrogen-bond acceptors (Lipinski definition) is 3. The number of rotatable bonds is 5. The molecular weight excluding hydrogens is 261 g/mol. The van der Waals surface area contributed by atoms with Gasteiger partial charge in [0.2, 0.25) is 0 Å². The van der Waals surface area contributed by atoms with E-state index in [1.165, 1.54) is 0 Å². The van der Waals surface area contributed by atoms with Crippen LogP contribution >= 0.6 is 11.8 Å². The van der Waals surface area contributed by atoms with Crippen molar-refractivity contribution in [1.82, 2.24) is 5.32 Å². The van der Waals surface area contributed by atoms with E-state index in [0.29, 0.717) is 5.25 Å². The number of ether oxygens (including phenoxy) is 1. The maximum absolute atomic E-state index is 14.1. The van der Waals surface area contributed by atoms with Gasteiger partial charge in [-0.2, -0.15) is 0 Å². The molecule has 0 amide bonds. The summed E-state index contributed by atoms with van der Waals surface area (Å²) in [6, 6.07) is 5.38. The molecule has 0 radical (unpaired) electrons. The lowest BCUT2D eigenvalue weighted by Gasteiger charge is -2.20. The number of halogens is 1. The number of nitrogens with one attached hydrogen (secondary N) is 1. The Kier molecular flexibility index (Phi) is 5.25. The minimum atomic E-state index is -0.120. The predicted molar refractivity (Wildman–Crippen MR) is 78.2 cm³/mol. The van der Waals surface area contributed by atoms with Crippen LogP contribution in [0.15, 0.2) is 23.1 Å². The minimum Gasteiger partial charge on any atom is -0.377 e. The second kappa shape index (κ2) is 6.73. The normalized spacial score (nSPS) is 24.6. The molecule has 3 unspecified atom stereocenters. The maximum atomic E-state index is 14.1. The smallest absolute Gasteiger partial charge is 0.129 e. The molecule has 0 saturated carbocycles. The van der Waals surface area contributed by atoms with Crippen molar-refractivity contribution in [1.29, 1.82) is 0 Å². The molecule has 1 saturated heterocycles. The van der Waals surface area contributed by atoms with Gasteiger partial charge in [-0.1, -0.05) is 13.0 Å². The van der Waals surface area contributed by atoms with Crippen LogP contribution in [0.4, 0.5) is 4.39 Å². The monoisotopic (exact) mass is 283 g/mol. The molecule has 2 rings (SSSR count). The lowest BCUT2D eigenvalue weighted by molar-refractivity contribution is 0.127. The molecule has 1 aliphatic heterocycles. The van der Waals surface area contributed by atoms with Crippen LogP contribution in [0.5, 0.6) is 0 Å². The standard InChI is InChI=1S/C15H22FNOS/c1-4-17-10(2)15-12(16)6-5-7-14(15)19-13-8-9-18-11(13)3/h5-7,10-11,13,17H,4,8-9H2,1-3H3. The summed E-state index contributed by atoms with van der Waals surface area (Å²) in [5.74, 6) is -0.120. The summed E-state index contributed by atoms with van der Waals surface area (Å²) < 4.78 is 19.7. The van der Waals surface area contributed by atoms with Gasteiger partial charge in [0.05, 0.1) is 6.10 Å². The molecule has 106 valence electrons. The number of hydrogen-bond donors (Lipinski definition) is 1. The summed E-state index contributed by atoms with van der Waals surface area (Å²) in [5.41, 5.74) is 0.786. The minimum absolute atomic E-state index is 0.0336. The van der Waals surface area contributed by atoms with Crippen molar-refractivity contribution in [2.24, 2.45) is 0 Å². The molecule has 0 aliphatic carbocycles. The summed E-state index contributed by atoms with van der Waals surface area (Å²) in [4.78, 5) is 1.04. The van der Waals surface area contributed by atoms with Gasteiger partial charge in [0.25, 0.3) is 0 Å². The zero-order valence-corrected chi connectivity index (χ0v) is 12.6.